The number of aromatic nitrogens is 1. The van der Waals surface area contributed by atoms with Gasteiger partial charge in [0.15, 0.2) is 0 Å². The van der Waals surface area contributed by atoms with Crippen LogP contribution in [0.25, 0.3) is 0 Å². The van der Waals surface area contributed by atoms with E-state index in [1.807, 2.05) is 11.7 Å². The predicted molar refractivity (Wildman–Crippen MR) is 83.7 cm³/mol. The molecule has 2 nitrogen and oxygen atoms in total. The number of nitrogens with zero attached hydrogens (tertiary/aromatic N) is 1. The minimum atomic E-state index is 0.511. The van der Waals surface area contributed by atoms with Gasteiger partial charge in [-0.2, -0.15) is 0 Å². The van der Waals surface area contributed by atoms with E-state index in [-0.39, 0.29) is 0 Å². The zero-order valence-corrected chi connectivity index (χ0v) is 13.1. The summed E-state index contributed by atoms with van der Waals surface area (Å²) in [7, 11) is 0. The van der Waals surface area contributed by atoms with Crippen molar-refractivity contribution < 1.29 is 0 Å². The third-order valence-corrected chi connectivity index (χ3v) is 5.03. The summed E-state index contributed by atoms with van der Waals surface area (Å²) in [5.41, 5.74) is 3.31. The molecule has 3 rings (SSSR count). The number of thiazole rings is 1. The smallest absolute Gasteiger partial charge is 0.0794 e. The Morgan fingerprint density at radius 2 is 2.21 bits per heavy atom. The van der Waals surface area contributed by atoms with E-state index in [0.29, 0.717) is 5.92 Å². The Hall–Kier alpha value is -0.710. The summed E-state index contributed by atoms with van der Waals surface area (Å²) in [4.78, 5) is 5.54. The third-order valence-electron chi connectivity index (χ3n) is 3.51. The van der Waals surface area contributed by atoms with Crippen molar-refractivity contribution in [1.29, 1.82) is 0 Å². The Labute approximate surface area is 126 Å². The molecule has 1 aromatic carbocycles. The summed E-state index contributed by atoms with van der Waals surface area (Å²) in [6, 6.07) is 9.31. The lowest BCUT2D eigenvalue weighted by Crippen LogP contribution is -2.24. The molecule has 0 amide bonds. The van der Waals surface area contributed by atoms with Gasteiger partial charge in [-0.05, 0) is 30.9 Å². The van der Waals surface area contributed by atoms with Crippen molar-refractivity contribution in [2.75, 3.05) is 6.54 Å². The van der Waals surface area contributed by atoms with Gasteiger partial charge in [-0.15, -0.1) is 11.3 Å². The monoisotopic (exact) mass is 336 g/mol. The van der Waals surface area contributed by atoms with Gasteiger partial charge in [0.1, 0.15) is 0 Å². The Morgan fingerprint density at radius 1 is 1.37 bits per heavy atom. The Kier molecular flexibility index (Phi) is 4.31. The van der Waals surface area contributed by atoms with Gasteiger partial charge in [-0.3, -0.25) is 4.98 Å². The fourth-order valence-corrected chi connectivity index (χ4v) is 3.57. The van der Waals surface area contributed by atoms with Crippen molar-refractivity contribution in [3.8, 4) is 0 Å². The average Bonchev–Trinajstić information content (AvgIpc) is 3.11. The second kappa shape index (κ2) is 6.16. The number of hydrogen-bond donors (Lipinski definition) is 1. The minimum Gasteiger partial charge on any atom is -0.313 e. The van der Waals surface area contributed by atoms with Crippen molar-refractivity contribution in [1.82, 2.24) is 10.3 Å². The van der Waals surface area contributed by atoms with Crippen LogP contribution in [0.15, 0.2) is 40.4 Å². The summed E-state index contributed by atoms with van der Waals surface area (Å²) >= 11 is 5.43. The van der Waals surface area contributed by atoms with Crippen molar-refractivity contribution >= 4 is 27.3 Å². The zero-order chi connectivity index (χ0) is 13.1. The van der Waals surface area contributed by atoms with Crippen LogP contribution in [0, 0.1) is 0 Å². The summed E-state index contributed by atoms with van der Waals surface area (Å²) in [5, 5.41) is 3.66. The molecule has 0 radical (unpaired) electrons. The highest BCUT2D eigenvalue weighted by atomic mass is 79.9. The molecule has 1 unspecified atom stereocenters. The van der Waals surface area contributed by atoms with Crippen LogP contribution in [0.1, 0.15) is 29.2 Å². The first-order valence-corrected chi connectivity index (χ1v) is 8.35. The molecular weight excluding hydrogens is 320 g/mol. The molecule has 1 aromatic heterocycles. The molecule has 4 heteroatoms. The zero-order valence-electron chi connectivity index (χ0n) is 10.7. The van der Waals surface area contributed by atoms with Gasteiger partial charge >= 0.3 is 0 Å². The lowest BCUT2D eigenvalue weighted by molar-refractivity contribution is 0.578. The van der Waals surface area contributed by atoms with Crippen molar-refractivity contribution in [3.05, 3.63) is 50.9 Å². The second-order valence-electron chi connectivity index (χ2n) is 5.07. The quantitative estimate of drug-likeness (QED) is 0.862. The molecule has 1 N–H and O–H groups in total. The molecule has 1 saturated carbocycles. The summed E-state index contributed by atoms with van der Waals surface area (Å²) in [6.45, 7) is 1.05. The molecule has 100 valence electrons. The first kappa shape index (κ1) is 13.3. The van der Waals surface area contributed by atoms with Crippen LogP contribution in [-0.2, 0) is 6.42 Å². The van der Waals surface area contributed by atoms with Crippen LogP contribution < -0.4 is 5.32 Å². The molecule has 0 spiro atoms. The maximum atomic E-state index is 4.19. The largest absolute Gasteiger partial charge is 0.313 e. The van der Waals surface area contributed by atoms with Crippen LogP contribution in [0.5, 0.6) is 0 Å². The van der Waals surface area contributed by atoms with E-state index in [4.69, 9.17) is 0 Å². The normalized spacial score (nSPS) is 16.5. The maximum absolute atomic E-state index is 4.19. The minimum absolute atomic E-state index is 0.511. The molecule has 1 aliphatic rings. The molecular formula is C15H17BrN2S. The van der Waals surface area contributed by atoms with Gasteiger partial charge in [0.2, 0.25) is 0 Å². The number of nitrogens with one attached hydrogen (secondary N) is 1. The SMILES string of the molecule is Brc1ccccc1C(CNC1CC1)Cc1cncs1. The topological polar surface area (TPSA) is 24.9 Å². The molecule has 0 saturated heterocycles. The first-order chi connectivity index (χ1) is 9.33. The molecule has 19 heavy (non-hydrogen) atoms. The fraction of sp³-hybridized carbons (Fsp3) is 0.400. The van der Waals surface area contributed by atoms with E-state index in [1.165, 1.54) is 27.8 Å². The van der Waals surface area contributed by atoms with E-state index in [9.17, 15) is 0 Å². The summed E-state index contributed by atoms with van der Waals surface area (Å²) in [5.74, 6) is 0.511. The summed E-state index contributed by atoms with van der Waals surface area (Å²) in [6.07, 6.45) is 5.73. The molecule has 1 fully saturated rings. The van der Waals surface area contributed by atoms with Gasteiger partial charge in [0, 0.05) is 34.1 Å². The molecule has 1 aliphatic carbocycles. The van der Waals surface area contributed by atoms with E-state index in [0.717, 1.165) is 19.0 Å². The fourth-order valence-electron chi connectivity index (χ4n) is 2.28. The highest BCUT2D eigenvalue weighted by molar-refractivity contribution is 9.10. The van der Waals surface area contributed by atoms with Crippen LogP contribution in [0.2, 0.25) is 0 Å². The van der Waals surface area contributed by atoms with Crippen molar-refractivity contribution in [2.24, 2.45) is 0 Å². The molecule has 1 heterocycles. The van der Waals surface area contributed by atoms with Gasteiger partial charge in [0.25, 0.3) is 0 Å². The maximum Gasteiger partial charge on any atom is 0.0794 e. The molecule has 1 atom stereocenters. The standard InChI is InChI=1S/C15H17BrN2S/c16-15-4-2-1-3-14(15)11(8-18-12-5-6-12)7-13-9-17-10-19-13/h1-4,9-12,18H,5-8H2. The van der Waals surface area contributed by atoms with Crippen LogP contribution in [0.4, 0.5) is 0 Å². The van der Waals surface area contributed by atoms with E-state index in [2.05, 4.69) is 50.5 Å². The lowest BCUT2D eigenvalue weighted by atomic mass is 9.95. The lowest BCUT2D eigenvalue weighted by Gasteiger charge is -2.18. The predicted octanol–water partition coefficient (Wildman–Crippen LogP) is 3.98. The Balaban J connectivity index is 1.76. The number of halogens is 1. The van der Waals surface area contributed by atoms with Gasteiger partial charge in [0.05, 0.1) is 5.51 Å². The first-order valence-electron chi connectivity index (χ1n) is 6.68. The molecule has 0 aliphatic heterocycles. The van der Waals surface area contributed by atoms with Gasteiger partial charge < -0.3 is 5.32 Å². The number of benzene rings is 1. The van der Waals surface area contributed by atoms with Crippen molar-refractivity contribution in [2.45, 2.75) is 31.2 Å². The number of rotatable bonds is 6. The van der Waals surface area contributed by atoms with Gasteiger partial charge in [-0.1, -0.05) is 34.1 Å². The Bertz CT molecular complexity index is 523. The number of hydrogen-bond acceptors (Lipinski definition) is 3. The van der Waals surface area contributed by atoms with E-state index >= 15 is 0 Å². The summed E-state index contributed by atoms with van der Waals surface area (Å²) < 4.78 is 1.21. The highest BCUT2D eigenvalue weighted by Crippen LogP contribution is 2.29. The Morgan fingerprint density at radius 3 is 2.89 bits per heavy atom. The average molecular weight is 337 g/mol. The third kappa shape index (κ3) is 3.65. The van der Waals surface area contributed by atoms with Gasteiger partial charge in [-0.25, -0.2) is 0 Å². The highest BCUT2D eigenvalue weighted by Gasteiger charge is 2.23. The second-order valence-corrected chi connectivity index (χ2v) is 6.90. The van der Waals surface area contributed by atoms with Crippen LogP contribution in [0.3, 0.4) is 0 Å². The van der Waals surface area contributed by atoms with Crippen LogP contribution in [-0.4, -0.2) is 17.6 Å². The molecule has 2 aromatic rings. The van der Waals surface area contributed by atoms with E-state index < -0.39 is 0 Å². The van der Waals surface area contributed by atoms with E-state index in [1.54, 1.807) is 11.3 Å². The van der Waals surface area contributed by atoms with Crippen LogP contribution >= 0.6 is 27.3 Å². The van der Waals surface area contributed by atoms with Crippen molar-refractivity contribution in [3.63, 3.8) is 0 Å². The molecule has 0 bridgehead atoms.